The van der Waals surface area contributed by atoms with Gasteiger partial charge in [0, 0.05) is 12.5 Å². The molecule has 0 amide bonds. The summed E-state index contributed by atoms with van der Waals surface area (Å²) in [5.41, 5.74) is 1.43. The molecule has 16 heavy (non-hydrogen) atoms. The number of halogens is 1. The van der Waals surface area contributed by atoms with Crippen molar-refractivity contribution in [2.24, 2.45) is 0 Å². The summed E-state index contributed by atoms with van der Waals surface area (Å²) in [5, 5.41) is 3.20. The Kier molecular flexibility index (Phi) is 1.86. The van der Waals surface area contributed by atoms with Crippen LogP contribution in [0.25, 0.3) is 0 Å². The van der Waals surface area contributed by atoms with Gasteiger partial charge in [-0.1, -0.05) is 6.07 Å². The molecule has 4 heteroatoms. The lowest BCUT2D eigenvalue weighted by Crippen LogP contribution is -2.43. The van der Waals surface area contributed by atoms with E-state index >= 15 is 0 Å². The highest BCUT2D eigenvalue weighted by Gasteiger charge is 2.63. The van der Waals surface area contributed by atoms with E-state index in [2.05, 4.69) is 5.32 Å². The van der Waals surface area contributed by atoms with E-state index in [-0.39, 0.29) is 17.7 Å². The van der Waals surface area contributed by atoms with Crippen molar-refractivity contribution in [2.45, 2.75) is 24.4 Å². The van der Waals surface area contributed by atoms with Crippen LogP contribution >= 0.6 is 0 Å². The van der Waals surface area contributed by atoms with Crippen molar-refractivity contribution in [2.75, 3.05) is 7.11 Å². The highest BCUT2D eigenvalue weighted by Crippen LogP contribution is 2.55. The van der Waals surface area contributed by atoms with E-state index in [0.717, 1.165) is 11.1 Å². The number of hydrogen-bond donors (Lipinski definition) is 1. The summed E-state index contributed by atoms with van der Waals surface area (Å²) in [5.74, 6) is -0.418. The molecule has 2 atom stereocenters. The fourth-order valence-corrected chi connectivity index (χ4v) is 2.62. The lowest BCUT2D eigenvalue weighted by molar-refractivity contribution is -0.144. The molecule has 0 saturated heterocycles. The number of esters is 1. The molecular formula is C12H12FNO2. The number of hydrogen-bond acceptors (Lipinski definition) is 3. The molecule has 1 aromatic carbocycles. The maximum atomic E-state index is 13.2. The lowest BCUT2D eigenvalue weighted by Gasteiger charge is -2.23. The highest BCUT2D eigenvalue weighted by atomic mass is 19.1. The SMILES string of the molecule is COC(=O)[C@@]12C[C@H]1c1cc(F)ccc1CN2. The Bertz CT molecular complexity index is 474. The molecule has 0 bridgehead atoms. The van der Waals surface area contributed by atoms with Crippen molar-refractivity contribution in [3.05, 3.63) is 35.1 Å². The Morgan fingerprint density at radius 3 is 3.19 bits per heavy atom. The summed E-state index contributed by atoms with van der Waals surface area (Å²) in [6, 6.07) is 4.76. The zero-order valence-corrected chi connectivity index (χ0v) is 8.92. The van der Waals surface area contributed by atoms with Gasteiger partial charge in [-0.05, 0) is 29.7 Å². The number of rotatable bonds is 1. The number of carbonyl (C=O) groups excluding carboxylic acids is 1. The van der Waals surface area contributed by atoms with Crippen molar-refractivity contribution in [3.8, 4) is 0 Å². The molecule has 1 aliphatic heterocycles. The summed E-state index contributed by atoms with van der Waals surface area (Å²) >= 11 is 0. The maximum absolute atomic E-state index is 13.2. The standard InChI is InChI=1S/C12H12FNO2/c1-16-11(15)12-5-10(12)9-4-8(13)3-2-7(9)6-14-12/h2-4,10,14H,5-6H2,1H3/t10-,12+/m0/s1. The lowest BCUT2D eigenvalue weighted by atomic mass is 9.96. The molecule has 3 rings (SSSR count). The van der Waals surface area contributed by atoms with Crippen LogP contribution in [0.3, 0.4) is 0 Å². The second-order valence-electron chi connectivity index (χ2n) is 4.42. The summed E-state index contributed by atoms with van der Waals surface area (Å²) in [6.45, 7) is 0.598. The number of nitrogens with one attached hydrogen (secondary N) is 1. The molecule has 0 radical (unpaired) electrons. The Balaban J connectivity index is 2.00. The van der Waals surface area contributed by atoms with Gasteiger partial charge in [-0.3, -0.25) is 10.1 Å². The predicted molar refractivity (Wildman–Crippen MR) is 55.3 cm³/mol. The van der Waals surface area contributed by atoms with Crippen LogP contribution in [0.2, 0.25) is 0 Å². The van der Waals surface area contributed by atoms with E-state index < -0.39 is 5.54 Å². The van der Waals surface area contributed by atoms with Crippen molar-refractivity contribution in [1.82, 2.24) is 5.32 Å². The number of ether oxygens (including phenoxy) is 1. The van der Waals surface area contributed by atoms with E-state index in [1.165, 1.54) is 19.2 Å². The van der Waals surface area contributed by atoms with E-state index in [1.54, 1.807) is 6.07 Å². The first-order chi connectivity index (χ1) is 7.67. The maximum Gasteiger partial charge on any atom is 0.326 e. The van der Waals surface area contributed by atoms with Crippen molar-refractivity contribution < 1.29 is 13.9 Å². The van der Waals surface area contributed by atoms with Crippen LogP contribution in [-0.4, -0.2) is 18.6 Å². The first-order valence-electron chi connectivity index (χ1n) is 5.29. The minimum atomic E-state index is -0.588. The molecule has 1 fully saturated rings. The predicted octanol–water partition coefficient (Wildman–Crippen LogP) is 1.33. The van der Waals surface area contributed by atoms with Crippen LogP contribution in [0.5, 0.6) is 0 Å². The largest absolute Gasteiger partial charge is 0.468 e. The average molecular weight is 221 g/mol. The molecular weight excluding hydrogens is 209 g/mol. The molecule has 1 N–H and O–H groups in total. The van der Waals surface area contributed by atoms with E-state index in [4.69, 9.17) is 4.74 Å². The van der Waals surface area contributed by atoms with E-state index in [9.17, 15) is 9.18 Å². The molecule has 0 unspecified atom stereocenters. The second kappa shape index (κ2) is 3.04. The fourth-order valence-electron chi connectivity index (χ4n) is 2.62. The molecule has 0 spiro atoms. The minimum Gasteiger partial charge on any atom is -0.468 e. The van der Waals surface area contributed by atoms with Crippen LogP contribution in [0.15, 0.2) is 18.2 Å². The van der Waals surface area contributed by atoms with Gasteiger partial charge in [-0.25, -0.2) is 4.39 Å². The van der Waals surface area contributed by atoms with Gasteiger partial charge in [0.15, 0.2) is 0 Å². The van der Waals surface area contributed by atoms with E-state index in [1.807, 2.05) is 0 Å². The fraction of sp³-hybridized carbons (Fsp3) is 0.417. The molecule has 3 nitrogen and oxygen atoms in total. The quantitative estimate of drug-likeness (QED) is 0.727. The topological polar surface area (TPSA) is 38.3 Å². The van der Waals surface area contributed by atoms with Gasteiger partial charge < -0.3 is 4.74 Å². The van der Waals surface area contributed by atoms with Gasteiger partial charge >= 0.3 is 5.97 Å². The van der Waals surface area contributed by atoms with E-state index in [0.29, 0.717) is 13.0 Å². The van der Waals surface area contributed by atoms with Gasteiger partial charge in [0.1, 0.15) is 11.4 Å². The van der Waals surface area contributed by atoms with Gasteiger partial charge in [0.05, 0.1) is 7.11 Å². The first-order valence-corrected chi connectivity index (χ1v) is 5.29. The number of carbonyl (C=O) groups is 1. The smallest absolute Gasteiger partial charge is 0.326 e. The van der Waals surface area contributed by atoms with Gasteiger partial charge in [0.2, 0.25) is 0 Å². The van der Waals surface area contributed by atoms with Crippen LogP contribution in [-0.2, 0) is 16.1 Å². The van der Waals surface area contributed by atoms with Crippen LogP contribution in [0.1, 0.15) is 23.5 Å². The van der Waals surface area contributed by atoms with Crippen molar-refractivity contribution >= 4 is 5.97 Å². The molecule has 0 aromatic heterocycles. The van der Waals surface area contributed by atoms with Crippen LogP contribution in [0.4, 0.5) is 4.39 Å². The Labute approximate surface area is 92.6 Å². The third kappa shape index (κ3) is 1.13. The number of benzene rings is 1. The third-order valence-electron chi connectivity index (χ3n) is 3.59. The Morgan fingerprint density at radius 2 is 2.44 bits per heavy atom. The minimum absolute atomic E-state index is 0.0689. The summed E-state index contributed by atoms with van der Waals surface area (Å²) in [6.07, 6.45) is 0.704. The Hall–Kier alpha value is -1.42. The van der Waals surface area contributed by atoms with Crippen LogP contribution < -0.4 is 5.32 Å². The van der Waals surface area contributed by atoms with Crippen molar-refractivity contribution in [3.63, 3.8) is 0 Å². The number of fused-ring (bicyclic) bond motifs is 3. The second-order valence-corrected chi connectivity index (χ2v) is 4.42. The molecule has 1 heterocycles. The molecule has 1 aromatic rings. The molecule has 1 saturated carbocycles. The molecule has 2 aliphatic rings. The zero-order valence-electron chi connectivity index (χ0n) is 8.92. The van der Waals surface area contributed by atoms with Gasteiger partial charge in [-0.2, -0.15) is 0 Å². The van der Waals surface area contributed by atoms with Gasteiger partial charge in [0.25, 0.3) is 0 Å². The molecule has 84 valence electrons. The average Bonchev–Trinajstić information content (AvgIpc) is 3.04. The first kappa shape index (κ1) is 9.78. The zero-order chi connectivity index (χ0) is 11.3. The number of methoxy groups -OCH3 is 1. The highest BCUT2D eigenvalue weighted by molar-refractivity contribution is 5.87. The van der Waals surface area contributed by atoms with Crippen LogP contribution in [0, 0.1) is 5.82 Å². The molecule has 1 aliphatic carbocycles. The summed E-state index contributed by atoms with van der Waals surface area (Å²) < 4.78 is 17.9. The summed E-state index contributed by atoms with van der Waals surface area (Å²) in [7, 11) is 1.38. The third-order valence-corrected chi connectivity index (χ3v) is 3.59. The van der Waals surface area contributed by atoms with Crippen molar-refractivity contribution in [1.29, 1.82) is 0 Å². The Morgan fingerprint density at radius 1 is 1.62 bits per heavy atom. The summed E-state index contributed by atoms with van der Waals surface area (Å²) in [4.78, 5) is 11.6. The monoisotopic (exact) mass is 221 g/mol. The van der Waals surface area contributed by atoms with Gasteiger partial charge in [-0.15, -0.1) is 0 Å². The normalized spacial score (nSPS) is 30.2.